The van der Waals surface area contributed by atoms with Crippen LogP contribution in [0.3, 0.4) is 0 Å². The van der Waals surface area contributed by atoms with Gasteiger partial charge < -0.3 is 15.7 Å². The maximum Gasteiger partial charge on any atom is 0.331 e. The zero-order valence-corrected chi connectivity index (χ0v) is 11.4. The molecule has 0 aliphatic carbocycles. The lowest BCUT2D eigenvalue weighted by atomic mass is 10.1. The Labute approximate surface area is 116 Å². The van der Waals surface area contributed by atoms with Crippen molar-refractivity contribution in [2.75, 3.05) is 0 Å². The number of amides is 2. The molecule has 0 saturated heterocycles. The number of carboxylic acids is 1. The van der Waals surface area contributed by atoms with Gasteiger partial charge in [0.2, 0.25) is 0 Å². The average molecular weight is 280 g/mol. The molecule has 2 unspecified atom stereocenters. The highest BCUT2D eigenvalue weighted by Crippen LogP contribution is 2.19. The van der Waals surface area contributed by atoms with E-state index in [1.807, 2.05) is 6.92 Å². The van der Waals surface area contributed by atoms with E-state index in [2.05, 4.69) is 16.6 Å². The Bertz CT molecular complexity index is 465. The smallest absolute Gasteiger partial charge is 0.331 e. The fraction of sp³-hybridized carbons (Fsp3) is 0.385. The summed E-state index contributed by atoms with van der Waals surface area (Å²) in [4.78, 5) is 23.5. The highest BCUT2D eigenvalue weighted by atomic mass is 32.1. The zero-order chi connectivity index (χ0) is 14.3. The van der Waals surface area contributed by atoms with Gasteiger partial charge in [0, 0.05) is 17.3 Å². The Kier molecular flexibility index (Phi) is 5.90. The number of carbonyl (C=O) groups is 2. The van der Waals surface area contributed by atoms with Crippen LogP contribution in [-0.2, 0) is 4.79 Å². The molecular weight excluding hydrogens is 264 g/mol. The number of carboxylic acid groups (broad SMARTS) is 1. The maximum atomic E-state index is 11.7. The molecule has 3 N–H and O–H groups in total. The van der Waals surface area contributed by atoms with E-state index in [4.69, 9.17) is 11.5 Å². The zero-order valence-electron chi connectivity index (χ0n) is 10.6. The lowest BCUT2D eigenvalue weighted by Crippen LogP contribution is -2.44. The summed E-state index contributed by atoms with van der Waals surface area (Å²) < 4.78 is 0. The molecule has 0 saturated carbocycles. The number of rotatable bonds is 6. The van der Waals surface area contributed by atoms with E-state index < -0.39 is 18.0 Å². The monoisotopic (exact) mass is 280 g/mol. The summed E-state index contributed by atoms with van der Waals surface area (Å²) in [5.74, 6) is 1.38. The van der Waals surface area contributed by atoms with Crippen molar-refractivity contribution in [3.05, 3.63) is 22.4 Å². The Morgan fingerprint density at radius 2 is 2.26 bits per heavy atom. The second-order valence-corrected chi connectivity index (χ2v) is 4.90. The molecule has 19 heavy (non-hydrogen) atoms. The van der Waals surface area contributed by atoms with Crippen molar-refractivity contribution in [3.8, 4) is 12.3 Å². The highest BCUT2D eigenvalue weighted by Gasteiger charge is 2.23. The Hall–Kier alpha value is -2.00. The molecule has 0 spiro atoms. The lowest BCUT2D eigenvalue weighted by molar-refractivity contribution is -0.139. The summed E-state index contributed by atoms with van der Waals surface area (Å²) in [6.45, 7) is 1.90. The molecule has 1 aromatic rings. The third kappa shape index (κ3) is 4.64. The Balaban J connectivity index is 2.63. The van der Waals surface area contributed by atoms with Gasteiger partial charge >= 0.3 is 12.0 Å². The molecular formula is C13H16N2O3S. The standard InChI is InChI=1S/C13H16N2O3S/c1-3-6-9(4-2)14-13(18)15-11(12(16)17)10-7-5-8-19-10/h1,5,7-9,11H,4,6H2,2H3,(H,16,17)(H2,14,15,18). The van der Waals surface area contributed by atoms with E-state index in [1.165, 1.54) is 11.3 Å². The highest BCUT2D eigenvalue weighted by molar-refractivity contribution is 7.10. The van der Waals surface area contributed by atoms with Gasteiger partial charge in [-0.05, 0) is 17.9 Å². The molecule has 5 nitrogen and oxygen atoms in total. The van der Waals surface area contributed by atoms with Crippen molar-refractivity contribution in [2.24, 2.45) is 0 Å². The van der Waals surface area contributed by atoms with Crippen molar-refractivity contribution < 1.29 is 14.7 Å². The minimum atomic E-state index is -1.09. The minimum Gasteiger partial charge on any atom is -0.479 e. The first-order valence-electron chi connectivity index (χ1n) is 5.85. The van der Waals surface area contributed by atoms with Gasteiger partial charge in [0.15, 0.2) is 6.04 Å². The predicted molar refractivity (Wildman–Crippen MR) is 73.9 cm³/mol. The summed E-state index contributed by atoms with van der Waals surface area (Å²) in [5, 5.41) is 16.0. The second kappa shape index (κ2) is 7.44. The van der Waals surface area contributed by atoms with Gasteiger partial charge in [-0.1, -0.05) is 13.0 Å². The van der Waals surface area contributed by atoms with E-state index in [9.17, 15) is 9.59 Å². The van der Waals surface area contributed by atoms with Crippen LogP contribution in [0.25, 0.3) is 0 Å². The van der Waals surface area contributed by atoms with E-state index in [0.29, 0.717) is 17.7 Å². The average Bonchev–Trinajstić information content (AvgIpc) is 2.88. The molecule has 102 valence electrons. The molecule has 0 aliphatic heterocycles. The van der Waals surface area contributed by atoms with E-state index in [0.717, 1.165) is 0 Å². The van der Waals surface area contributed by atoms with Crippen molar-refractivity contribution in [1.29, 1.82) is 0 Å². The number of carbonyl (C=O) groups excluding carboxylic acids is 1. The molecule has 1 aromatic heterocycles. The molecule has 2 amide bonds. The van der Waals surface area contributed by atoms with Gasteiger partial charge in [-0.15, -0.1) is 23.7 Å². The van der Waals surface area contributed by atoms with E-state index in [-0.39, 0.29) is 6.04 Å². The molecule has 0 aliphatic rings. The topological polar surface area (TPSA) is 78.4 Å². The summed E-state index contributed by atoms with van der Waals surface area (Å²) in [7, 11) is 0. The first kappa shape index (κ1) is 15.1. The Morgan fingerprint density at radius 3 is 2.74 bits per heavy atom. The SMILES string of the molecule is C#CCC(CC)NC(=O)NC(C(=O)O)c1cccs1. The molecule has 1 rings (SSSR count). The molecule has 0 aromatic carbocycles. The number of urea groups is 1. The van der Waals surface area contributed by atoms with Crippen LogP contribution in [0.2, 0.25) is 0 Å². The summed E-state index contributed by atoms with van der Waals surface area (Å²) in [5.41, 5.74) is 0. The molecule has 1 heterocycles. The fourth-order valence-corrected chi connectivity index (χ4v) is 2.28. The van der Waals surface area contributed by atoms with E-state index >= 15 is 0 Å². The molecule has 0 radical (unpaired) electrons. The van der Waals surface area contributed by atoms with Gasteiger partial charge in [-0.3, -0.25) is 0 Å². The van der Waals surface area contributed by atoms with E-state index in [1.54, 1.807) is 17.5 Å². The van der Waals surface area contributed by atoms with Gasteiger partial charge in [-0.2, -0.15) is 0 Å². The van der Waals surface area contributed by atoms with Crippen LogP contribution in [0.15, 0.2) is 17.5 Å². The van der Waals surface area contributed by atoms with Crippen LogP contribution < -0.4 is 10.6 Å². The van der Waals surface area contributed by atoms with Crippen LogP contribution in [0.5, 0.6) is 0 Å². The number of thiophene rings is 1. The van der Waals surface area contributed by atoms with Crippen molar-refractivity contribution in [2.45, 2.75) is 31.8 Å². The van der Waals surface area contributed by atoms with Crippen LogP contribution in [0.4, 0.5) is 4.79 Å². The number of nitrogens with one attached hydrogen (secondary N) is 2. The van der Waals surface area contributed by atoms with Gasteiger partial charge in [0.05, 0.1) is 0 Å². The number of hydrogen-bond acceptors (Lipinski definition) is 3. The molecule has 2 atom stereocenters. The van der Waals surface area contributed by atoms with Gasteiger partial charge in [-0.25, -0.2) is 9.59 Å². The van der Waals surface area contributed by atoms with Crippen LogP contribution in [-0.4, -0.2) is 23.1 Å². The summed E-state index contributed by atoms with van der Waals surface area (Å²) in [6, 6.07) is 1.69. The maximum absolute atomic E-state index is 11.7. The predicted octanol–water partition coefficient (Wildman–Crippen LogP) is 1.97. The first-order valence-corrected chi connectivity index (χ1v) is 6.73. The van der Waals surface area contributed by atoms with Gasteiger partial charge in [0.25, 0.3) is 0 Å². The molecule has 6 heteroatoms. The Morgan fingerprint density at radius 1 is 1.53 bits per heavy atom. The number of aliphatic carboxylic acids is 1. The van der Waals surface area contributed by atoms with Crippen molar-refractivity contribution in [1.82, 2.24) is 10.6 Å². The third-order valence-corrected chi connectivity index (χ3v) is 3.48. The quantitative estimate of drug-likeness (QED) is 0.697. The van der Waals surface area contributed by atoms with Gasteiger partial charge in [0.1, 0.15) is 0 Å². The van der Waals surface area contributed by atoms with Crippen LogP contribution in [0.1, 0.15) is 30.7 Å². The summed E-state index contributed by atoms with van der Waals surface area (Å²) >= 11 is 1.28. The normalized spacial score (nSPS) is 13.1. The second-order valence-electron chi connectivity index (χ2n) is 3.92. The molecule has 0 bridgehead atoms. The largest absolute Gasteiger partial charge is 0.479 e. The van der Waals surface area contributed by atoms with Crippen molar-refractivity contribution in [3.63, 3.8) is 0 Å². The fourth-order valence-electron chi connectivity index (χ4n) is 1.51. The lowest BCUT2D eigenvalue weighted by Gasteiger charge is -2.18. The summed E-state index contributed by atoms with van der Waals surface area (Å²) in [6.07, 6.45) is 6.30. The first-order chi connectivity index (χ1) is 9.08. The number of hydrogen-bond donors (Lipinski definition) is 3. The van der Waals surface area contributed by atoms with Crippen molar-refractivity contribution >= 4 is 23.3 Å². The number of terminal acetylenes is 1. The third-order valence-electron chi connectivity index (χ3n) is 2.54. The van der Waals surface area contributed by atoms with Crippen LogP contribution >= 0.6 is 11.3 Å². The van der Waals surface area contributed by atoms with Crippen LogP contribution in [0, 0.1) is 12.3 Å². The molecule has 0 fully saturated rings. The minimum absolute atomic E-state index is 0.150.